The van der Waals surface area contributed by atoms with E-state index in [2.05, 4.69) is 10.5 Å². The lowest BCUT2D eigenvalue weighted by molar-refractivity contribution is 0.0952. The Kier molecular flexibility index (Phi) is 5.47. The second kappa shape index (κ2) is 7.97. The van der Waals surface area contributed by atoms with Crippen LogP contribution in [0.2, 0.25) is 5.02 Å². The molecule has 3 aromatic carbocycles. The molecular formula is C20H17ClN2O4. The molecule has 0 aliphatic carbocycles. The van der Waals surface area contributed by atoms with Crippen LogP contribution in [0, 0.1) is 0 Å². The first-order chi connectivity index (χ1) is 13.0. The fourth-order valence-electron chi connectivity index (χ4n) is 2.65. The largest absolute Gasteiger partial charge is 0.507 e. The molecule has 0 radical (unpaired) electrons. The lowest BCUT2D eigenvalue weighted by Crippen LogP contribution is -2.17. The van der Waals surface area contributed by atoms with Crippen LogP contribution in [0.25, 0.3) is 10.8 Å². The van der Waals surface area contributed by atoms with Crippen molar-refractivity contribution in [1.82, 2.24) is 5.43 Å². The van der Waals surface area contributed by atoms with Gasteiger partial charge in [0.25, 0.3) is 5.91 Å². The topological polar surface area (TPSA) is 80.2 Å². The van der Waals surface area contributed by atoms with Crippen molar-refractivity contribution in [3.63, 3.8) is 0 Å². The van der Waals surface area contributed by atoms with Crippen LogP contribution in [0.3, 0.4) is 0 Å². The number of halogens is 1. The van der Waals surface area contributed by atoms with Gasteiger partial charge in [-0.05, 0) is 40.6 Å². The van der Waals surface area contributed by atoms with Crippen molar-refractivity contribution in [1.29, 1.82) is 0 Å². The number of carbonyl (C=O) groups excluding carboxylic acids is 1. The molecule has 0 saturated carbocycles. The highest BCUT2D eigenvalue weighted by atomic mass is 35.5. The van der Waals surface area contributed by atoms with Crippen molar-refractivity contribution in [3.05, 3.63) is 64.7 Å². The first-order valence-corrected chi connectivity index (χ1v) is 8.38. The maximum Gasteiger partial charge on any atom is 0.275 e. The second-order valence-corrected chi connectivity index (χ2v) is 6.06. The van der Waals surface area contributed by atoms with Gasteiger partial charge < -0.3 is 14.6 Å². The molecule has 3 rings (SSSR count). The Morgan fingerprint density at radius 3 is 2.48 bits per heavy atom. The predicted octanol–water partition coefficient (Wildman–Crippen LogP) is 3.98. The van der Waals surface area contributed by atoms with Crippen LogP contribution in [0.4, 0.5) is 0 Å². The average Bonchev–Trinajstić information content (AvgIpc) is 2.66. The molecule has 0 spiro atoms. The minimum absolute atomic E-state index is 0.115. The number of phenols is 1. The number of benzene rings is 3. The van der Waals surface area contributed by atoms with Gasteiger partial charge in [-0.25, -0.2) is 5.43 Å². The van der Waals surface area contributed by atoms with E-state index in [1.54, 1.807) is 24.3 Å². The van der Waals surface area contributed by atoms with Crippen LogP contribution in [0.5, 0.6) is 17.2 Å². The van der Waals surface area contributed by atoms with E-state index in [0.717, 1.165) is 10.8 Å². The van der Waals surface area contributed by atoms with E-state index in [-0.39, 0.29) is 11.3 Å². The Hall–Kier alpha value is -3.25. The minimum atomic E-state index is -0.527. The van der Waals surface area contributed by atoms with Gasteiger partial charge in [-0.3, -0.25) is 4.79 Å². The molecule has 2 N–H and O–H groups in total. The number of phenolic OH excluding ortho intramolecular Hbond substituents is 1. The van der Waals surface area contributed by atoms with Crippen molar-refractivity contribution in [2.75, 3.05) is 14.2 Å². The predicted molar refractivity (Wildman–Crippen MR) is 105 cm³/mol. The summed E-state index contributed by atoms with van der Waals surface area (Å²) in [6.45, 7) is 0. The standard InChI is InChI=1S/C20H17ClN2O4/c1-26-18-8-12(7-16(21)19(18)27-2)11-22-23-20(25)15-9-13-5-3-4-6-14(13)10-17(15)24/h3-11,24H,1-2H3,(H,23,25). The van der Waals surface area contributed by atoms with Crippen LogP contribution in [0.15, 0.2) is 53.6 Å². The maximum atomic E-state index is 12.3. The van der Waals surface area contributed by atoms with Crippen molar-refractivity contribution >= 4 is 34.5 Å². The molecule has 27 heavy (non-hydrogen) atoms. The second-order valence-electron chi connectivity index (χ2n) is 5.65. The maximum absolute atomic E-state index is 12.3. The number of ether oxygens (including phenoxy) is 2. The zero-order valence-corrected chi connectivity index (χ0v) is 15.4. The molecule has 0 aliphatic rings. The van der Waals surface area contributed by atoms with Gasteiger partial charge in [-0.15, -0.1) is 0 Å². The fourth-order valence-corrected chi connectivity index (χ4v) is 2.94. The van der Waals surface area contributed by atoms with Gasteiger partial charge in [0.05, 0.1) is 31.0 Å². The smallest absolute Gasteiger partial charge is 0.275 e. The normalized spacial score (nSPS) is 10.9. The summed E-state index contributed by atoms with van der Waals surface area (Å²) in [5, 5.41) is 16.1. The Morgan fingerprint density at radius 1 is 1.11 bits per heavy atom. The number of hydrogen-bond acceptors (Lipinski definition) is 5. The molecule has 0 aliphatic heterocycles. The average molecular weight is 385 g/mol. The Balaban J connectivity index is 1.80. The van der Waals surface area contributed by atoms with Gasteiger partial charge in [-0.2, -0.15) is 5.10 Å². The Bertz CT molecular complexity index is 1030. The van der Waals surface area contributed by atoms with E-state index in [4.69, 9.17) is 21.1 Å². The quantitative estimate of drug-likeness (QED) is 0.515. The molecule has 138 valence electrons. The van der Waals surface area contributed by atoms with Gasteiger partial charge in [0, 0.05) is 0 Å². The number of amides is 1. The molecule has 3 aromatic rings. The Labute approximate surface area is 161 Å². The summed E-state index contributed by atoms with van der Waals surface area (Å²) in [4.78, 5) is 12.3. The molecule has 0 saturated heterocycles. The molecule has 0 aromatic heterocycles. The summed E-state index contributed by atoms with van der Waals surface area (Å²) in [6, 6.07) is 13.9. The van der Waals surface area contributed by atoms with Crippen LogP contribution in [0.1, 0.15) is 15.9 Å². The third-order valence-corrected chi connectivity index (χ3v) is 4.23. The molecule has 0 fully saturated rings. The molecule has 1 amide bonds. The van der Waals surface area contributed by atoms with E-state index in [1.165, 1.54) is 20.4 Å². The van der Waals surface area contributed by atoms with Crippen molar-refractivity contribution in [2.24, 2.45) is 5.10 Å². The SMILES string of the molecule is COc1cc(C=NNC(=O)c2cc3ccccc3cc2O)cc(Cl)c1OC. The lowest BCUT2D eigenvalue weighted by Gasteiger charge is -2.10. The molecular weight excluding hydrogens is 368 g/mol. The summed E-state index contributed by atoms with van der Waals surface area (Å²) < 4.78 is 10.4. The summed E-state index contributed by atoms with van der Waals surface area (Å²) in [5.74, 6) is 0.225. The summed E-state index contributed by atoms with van der Waals surface area (Å²) in [5.41, 5.74) is 3.14. The van der Waals surface area contributed by atoms with Crippen molar-refractivity contribution < 1.29 is 19.4 Å². The molecule has 6 nitrogen and oxygen atoms in total. The van der Waals surface area contributed by atoms with Crippen LogP contribution in [-0.2, 0) is 0 Å². The van der Waals surface area contributed by atoms with Crippen molar-refractivity contribution in [3.8, 4) is 17.2 Å². The number of nitrogens with one attached hydrogen (secondary N) is 1. The van der Waals surface area contributed by atoms with E-state index < -0.39 is 5.91 Å². The lowest BCUT2D eigenvalue weighted by atomic mass is 10.1. The number of hydrazone groups is 1. The van der Waals surface area contributed by atoms with E-state index in [0.29, 0.717) is 22.1 Å². The number of hydrogen-bond donors (Lipinski definition) is 2. The monoisotopic (exact) mass is 384 g/mol. The highest BCUT2D eigenvalue weighted by Crippen LogP contribution is 2.35. The van der Waals surface area contributed by atoms with E-state index in [9.17, 15) is 9.90 Å². The number of rotatable bonds is 5. The highest BCUT2D eigenvalue weighted by Gasteiger charge is 2.12. The molecule has 7 heteroatoms. The van der Waals surface area contributed by atoms with Crippen LogP contribution < -0.4 is 14.9 Å². The summed E-state index contributed by atoms with van der Waals surface area (Å²) >= 11 is 6.14. The van der Waals surface area contributed by atoms with Gasteiger partial charge in [0.15, 0.2) is 11.5 Å². The van der Waals surface area contributed by atoms with Crippen molar-refractivity contribution in [2.45, 2.75) is 0 Å². The summed E-state index contributed by atoms with van der Waals surface area (Å²) in [7, 11) is 2.99. The minimum Gasteiger partial charge on any atom is -0.507 e. The first kappa shape index (κ1) is 18.5. The van der Waals surface area contributed by atoms with Crippen LogP contribution >= 0.6 is 11.6 Å². The molecule has 0 unspecified atom stereocenters. The number of nitrogens with zero attached hydrogens (tertiary/aromatic N) is 1. The molecule has 0 heterocycles. The number of aromatic hydroxyl groups is 1. The van der Waals surface area contributed by atoms with E-state index >= 15 is 0 Å². The van der Waals surface area contributed by atoms with Gasteiger partial charge in [0.1, 0.15) is 5.75 Å². The van der Waals surface area contributed by atoms with E-state index in [1.807, 2.05) is 24.3 Å². The van der Waals surface area contributed by atoms with Gasteiger partial charge in [-0.1, -0.05) is 35.9 Å². The Morgan fingerprint density at radius 2 is 1.81 bits per heavy atom. The zero-order valence-electron chi connectivity index (χ0n) is 14.7. The molecule has 0 bridgehead atoms. The third kappa shape index (κ3) is 3.96. The number of fused-ring (bicyclic) bond motifs is 1. The number of methoxy groups -OCH3 is 2. The fraction of sp³-hybridized carbons (Fsp3) is 0.100. The van der Waals surface area contributed by atoms with Crippen LogP contribution in [-0.4, -0.2) is 31.4 Å². The zero-order chi connectivity index (χ0) is 19.4. The highest BCUT2D eigenvalue weighted by molar-refractivity contribution is 6.32. The third-order valence-electron chi connectivity index (χ3n) is 3.94. The van der Waals surface area contributed by atoms with Gasteiger partial charge in [0.2, 0.25) is 0 Å². The van der Waals surface area contributed by atoms with Gasteiger partial charge >= 0.3 is 0 Å². The summed E-state index contributed by atoms with van der Waals surface area (Å²) in [6.07, 6.45) is 1.42. The first-order valence-electron chi connectivity index (χ1n) is 8.00. The molecule has 0 atom stereocenters. The number of carbonyl (C=O) groups is 1.